The molecule has 11 nitrogen and oxygen atoms in total. The molecule has 194 valence electrons. The number of aryl methyl sites for hydroxylation is 1. The Morgan fingerprint density at radius 2 is 1.97 bits per heavy atom. The number of carbonyl (C=O) groups excluding carboxylic acids is 1. The molecule has 0 saturated heterocycles. The normalized spacial score (nSPS) is 12.6. The van der Waals surface area contributed by atoms with Gasteiger partial charge >= 0.3 is 6.09 Å². The fourth-order valence-corrected chi connectivity index (χ4v) is 5.36. The summed E-state index contributed by atoms with van der Waals surface area (Å²) in [6.45, 7) is 4.10. The lowest BCUT2D eigenvalue weighted by molar-refractivity contribution is -0.114. The van der Waals surface area contributed by atoms with Crippen LogP contribution in [0.25, 0.3) is 17.1 Å². The summed E-state index contributed by atoms with van der Waals surface area (Å²) >= 11 is 1.33. The van der Waals surface area contributed by atoms with Crippen LogP contribution >= 0.6 is 11.8 Å². The molecule has 2 amide bonds. The van der Waals surface area contributed by atoms with Crippen molar-refractivity contribution in [3.05, 3.63) is 64.6 Å². The third-order valence-electron chi connectivity index (χ3n) is 6.25. The molecule has 0 aliphatic carbocycles. The van der Waals surface area contributed by atoms with Gasteiger partial charge in [0.05, 0.1) is 30.4 Å². The van der Waals surface area contributed by atoms with Crippen molar-refractivity contribution in [2.45, 2.75) is 25.4 Å². The van der Waals surface area contributed by atoms with Gasteiger partial charge in [0.2, 0.25) is 5.95 Å². The molecule has 1 aromatic carbocycles. The van der Waals surface area contributed by atoms with Gasteiger partial charge in [-0.1, -0.05) is 18.2 Å². The lowest BCUT2D eigenvalue weighted by Gasteiger charge is -2.18. The Hall–Kier alpha value is -4.45. The number of rotatable bonds is 6. The number of carboxylic acid groups (broad SMARTS) is 1. The van der Waals surface area contributed by atoms with Gasteiger partial charge in [0.25, 0.3) is 5.91 Å². The molecule has 0 atom stereocenters. The van der Waals surface area contributed by atoms with E-state index in [2.05, 4.69) is 20.3 Å². The highest BCUT2D eigenvalue weighted by Gasteiger charge is 2.26. The molecular formula is C26H25N7O4S. The number of thioether (sulfide) groups is 1. The zero-order chi connectivity index (χ0) is 27.0. The minimum Gasteiger partial charge on any atom is -0.496 e. The van der Waals surface area contributed by atoms with Crippen LogP contribution in [0, 0.1) is 13.8 Å². The zero-order valence-corrected chi connectivity index (χ0v) is 22.0. The molecule has 5 rings (SSSR count). The van der Waals surface area contributed by atoms with Crippen LogP contribution in [0.15, 0.2) is 47.1 Å². The monoisotopic (exact) mass is 531 g/mol. The molecule has 38 heavy (non-hydrogen) atoms. The van der Waals surface area contributed by atoms with Crippen LogP contribution in [0.4, 0.5) is 16.4 Å². The maximum atomic E-state index is 13.4. The van der Waals surface area contributed by atoms with Gasteiger partial charge in [0.1, 0.15) is 10.8 Å². The molecule has 0 spiro atoms. The van der Waals surface area contributed by atoms with E-state index < -0.39 is 6.09 Å². The van der Waals surface area contributed by atoms with Gasteiger partial charge in [-0.25, -0.2) is 14.5 Å². The Bertz CT molecular complexity index is 1600. The first-order valence-electron chi connectivity index (χ1n) is 11.7. The number of hydrogen-bond acceptors (Lipinski definition) is 8. The third kappa shape index (κ3) is 4.65. The van der Waals surface area contributed by atoms with Crippen molar-refractivity contribution in [1.82, 2.24) is 24.7 Å². The lowest BCUT2D eigenvalue weighted by atomic mass is 10.1. The minimum atomic E-state index is -1.28. The summed E-state index contributed by atoms with van der Waals surface area (Å²) in [7, 11) is 3.34. The number of carbonyl (C=O) groups is 2. The zero-order valence-electron chi connectivity index (χ0n) is 21.2. The van der Waals surface area contributed by atoms with E-state index in [4.69, 9.17) is 9.84 Å². The third-order valence-corrected chi connectivity index (χ3v) is 7.28. The van der Waals surface area contributed by atoms with Gasteiger partial charge in [-0.15, -0.1) is 11.8 Å². The van der Waals surface area contributed by atoms with Crippen LogP contribution in [0.1, 0.15) is 22.5 Å². The highest BCUT2D eigenvalue weighted by molar-refractivity contribution is 7.99. The number of pyridine rings is 1. The average molecular weight is 532 g/mol. The number of methoxy groups -OCH3 is 1. The first-order valence-corrected chi connectivity index (χ1v) is 12.7. The van der Waals surface area contributed by atoms with Gasteiger partial charge in [0.15, 0.2) is 5.65 Å². The molecule has 0 fully saturated rings. The van der Waals surface area contributed by atoms with Crippen molar-refractivity contribution >= 4 is 52.5 Å². The maximum absolute atomic E-state index is 13.4. The molecular weight excluding hydrogens is 506 g/mol. The summed E-state index contributed by atoms with van der Waals surface area (Å²) in [4.78, 5) is 39.8. The number of hydrogen-bond donors (Lipinski definition) is 2. The second-order valence-electron chi connectivity index (χ2n) is 8.73. The Balaban J connectivity index is 1.61. The first-order chi connectivity index (χ1) is 18.3. The predicted octanol–water partition coefficient (Wildman–Crippen LogP) is 4.14. The lowest BCUT2D eigenvalue weighted by Crippen LogP contribution is -2.28. The maximum Gasteiger partial charge on any atom is 0.411 e. The van der Waals surface area contributed by atoms with Crippen LogP contribution in [-0.2, 0) is 11.3 Å². The van der Waals surface area contributed by atoms with Gasteiger partial charge < -0.3 is 14.7 Å². The van der Waals surface area contributed by atoms with Gasteiger partial charge in [-0.2, -0.15) is 10.1 Å². The van der Waals surface area contributed by atoms with Crippen LogP contribution in [0.2, 0.25) is 0 Å². The number of para-hydroxylation sites is 1. The number of amides is 2. The molecule has 4 aromatic rings. The molecule has 3 aromatic heterocycles. The van der Waals surface area contributed by atoms with Crippen LogP contribution in [-0.4, -0.2) is 61.7 Å². The average Bonchev–Trinajstić information content (AvgIpc) is 3.12. The van der Waals surface area contributed by atoms with E-state index in [0.29, 0.717) is 33.1 Å². The summed E-state index contributed by atoms with van der Waals surface area (Å²) in [5, 5.41) is 17.5. The molecule has 1 aliphatic rings. The standard InChI is InChI=1S/C26H25N7O4S/c1-14-11-27-19(15(2)21(14)37-4)12-33-22-20-18(31-33)10-16(24(34)32(3)17-8-6-5-7-9-17)13-38-23(20)29-25(28-22)30-26(35)36/h5-11H,12-13H2,1-4H3,(H,35,36)(H,28,29,30). The van der Waals surface area contributed by atoms with Crippen LogP contribution in [0.5, 0.6) is 5.75 Å². The van der Waals surface area contributed by atoms with E-state index >= 15 is 0 Å². The highest BCUT2D eigenvalue weighted by Crippen LogP contribution is 2.36. The van der Waals surface area contributed by atoms with Crippen LogP contribution < -0.4 is 15.0 Å². The summed E-state index contributed by atoms with van der Waals surface area (Å²) in [6, 6.07) is 9.37. The highest BCUT2D eigenvalue weighted by atomic mass is 32.2. The van der Waals surface area contributed by atoms with Gasteiger partial charge in [-0.3, -0.25) is 15.1 Å². The van der Waals surface area contributed by atoms with E-state index in [1.165, 1.54) is 11.8 Å². The van der Waals surface area contributed by atoms with Crippen LogP contribution in [0.3, 0.4) is 0 Å². The topological polar surface area (TPSA) is 135 Å². The molecule has 1 aliphatic heterocycles. The predicted molar refractivity (Wildman–Crippen MR) is 145 cm³/mol. The Kier molecular flexibility index (Phi) is 6.72. The van der Waals surface area contributed by atoms with Crippen molar-refractivity contribution in [1.29, 1.82) is 0 Å². The number of nitrogens with zero attached hydrogens (tertiary/aromatic N) is 6. The van der Waals surface area contributed by atoms with E-state index in [9.17, 15) is 14.7 Å². The molecule has 2 N–H and O–H groups in total. The molecule has 0 radical (unpaired) electrons. The van der Waals surface area contributed by atoms with E-state index in [-0.39, 0.29) is 18.4 Å². The van der Waals surface area contributed by atoms with Crippen molar-refractivity contribution < 1.29 is 19.4 Å². The molecule has 12 heteroatoms. The number of nitrogens with one attached hydrogen (secondary N) is 1. The van der Waals surface area contributed by atoms with Crippen molar-refractivity contribution in [3.8, 4) is 5.75 Å². The van der Waals surface area contributed by atoms with E-state index in [1.54, 1.807) is 36.0 Å². The molecule has 0 saturated carbocycles. The first kappa shape index (κ1) is 25.2. The van der Waals surface area contributed by atoms with E-state index in [1.807, 2.05) is 44.2 Å². The summed E-state index contributed by atoms with van der Waals surface area (Å²) in [6.07, 6.45) is 2.22. The van der Waals surface area contributed by atoms with Crippen molar-refractivity contribution in [2.24, 2.45) is 0 Å². The Morgan fingerprint density at radius 1 is 1.21 bits per heavy atom. The number of anilines is 2. The number of aromatic nitrogens is 5. The minimum absolute atomic E-state index is 0.0671. The Labute approximate surface area is 222 Å². The molecule has 4 heterocycles. The number of ether oxygens (including phenoxy) is 1. The quantitative estimate of drug-likeness (QED) is 0.352. The van der Waals surface area contributed by atoms with Gasteiger partial charge in [0, 0.05) is 41.4 Å². The largest absolute Gasteiger partial charge is 0.496 e. The van der Waals surface area contributed by atoms with Crippen molar-refractivity contribution in [2.75, 3.05) is 30.1 Å². The fourth-order valence-electron chi connectivity index (χ4n) is 4.37. The summed E-state index contributed by atoms with van der Waals surface area (Å²) in [5.74, 6) is 0.837. The fraction of sp³-hybridized carbons (Fsp3) is 0.231. The van der Waals surface area contributed by atoms with Crippen molar-refractivity contribution in [3.63, 3.8) is 0 Å². The SMILES string of the molecule is COc1c(C)cnc(Cn2nc3c4c(nc(NC(=O)O)nc42)SCC(C(=O)N(C)c2ccccc2)=C3)c1C. The Morgan fingerprint density at radius 3 is 2.68 bits per heavy atom. The summed E-state index contributed by atoms with van der Waals surface area (Å²) in [5.41, 5.74) is 4.77. The van der Waals surface area contributed by atoms with Gasteiger partial charge in [-0.05, 0) is 32.1 Å². The number of benzene rings is 1. The second kappa shape index (κ2) is 10.1. The summed E-state index contributed by atoms with van der Waals surface area (Å²) < 4.78 is 7.20. The molecule has 0 bridgehead atoms. The smallest absolute Gasteiger partial charge is 0.411 e. The van der Waals surface area contributed by atoms with E-state index in [0.717, 1.165) is 28.3 Å². The number of likely N-dealkylation sites (N-methyl/N-ethyl adjacent to an activating group) is 1. The second-order valence-corrected chi connectivity index (χ2v) is 9.69. The molecule has 0 unspecified atom stereocenters.